The second-order valence-electron chi connectivity index (χ2n) is 5.02. The molecule has 3 N–H and O–H groups in total. The van der Waals surface area contributed by atoms with Gasteiger partial charge in [0.25, 0.3) is 5.69 Å². The molecule has 1 aliphatic carbocycles. The zero-order valence-corrected chi connectivity index (χ0v) is 12.0. The van der Waals surface area contributed by atoms with Gasteiger partial charge >= 0.3 is 0 Å². The van der Waals surface area contributed by atoms with E-state index in [2.05, 4.69) is 4.72 Å². The Kier molecular flexibility index (Phi) is 4.55. The van der Waals surface area contributed by atoms with Crippen LogP contribution in [0.3, 0.4) is 0 Å². The molecular formula is C12H16FN3O4S. The molecule has 1 aromatic rings. The topological polar surface area (TPSA) is 115 Å². The summed E-state index contributed by atoms with van der Waals surface area (Å²) in [6.07, 6.45) is 2.30. The Morgan fingerprint density at radius 2 is 2.14 bits per heavy atom. The van der Waals surface area contributed by atoms with Crippen molar-refractivity contribution in [1.82, 2.24) is 4.72 Å². The van der Waals surface area contributed by atoms with Crippen molar-refractivity contribution in [3.8, 4) is 0 Å². The van der Waals surface area contributed by atoms with Gasteiger partial charge in [-0.05, 0) is 37.4 Å². The van der Waals surface area contributed by atoms with Crippen LogP contribution in [-0.2, 0) is 10.0 Å². The van der Waals surface area contributed by atoms with Gasteiger partial charge in [0.05, 0.1) is 11.0 Å². The van der Waals surface area contributed by atoms with Crippen molar-refractivity contribution in [2.24, 2.45) is 11.7 Å². The van der Waals surface area contributed by atoms with Crippen LogP contribution in [0.15, 0.2) is 23.1 Å². The molecule has 21 heavy (non-hydrogen) atoms. The molecule has 0 heterocycles. The van der Waals surface area contributed by atoms with E-state index in [1.807, 2.05) is 0 Å². The Bertz CT molecular complexity index is 650. The number of halogens is 1. The second-order valence-corrected chi connectivity index (χ2v) is 6.71. The third-order valence-corrected chi connectivity index (χ3v) is 5.21. The van der Waals surface area contributed by atoms with Gasteiger partial charge < -0.3 is 5.73 Å². The summed E-state index contributed by atoms with van der Waals surface area (Å²) in [7, 11) is -4.09. The van der Waals surface area contributed by atoms with Crippen LogP contribution < -0.4 is 10.5 Å². The molecular weight excluding hydrogens is 301 g/mol. The fraction of sp³-hybridized carbons (Fsp3) is 0.500. The van der Waals surface area contributed by atoms with Crippen LogP contribution >= 0.6 is 0 Å². The molecule has 0 aromatic heterocycles. The summed E-state index contributed by atoms with van der Waals surface area (Å²) in [5.74, 6) is -0.847. The van der Waals surface area contributed by atoms with Gasteiger partial charge in [0.1, 0.15) is 5.82 Å². The number of hydrogen-bond acceptors (Lipinski definition) is 5. The molecule has 2 unspecified atom stereocenters. The van der Waals surface area contributed by atoms with Crippen molar-refractivity contribution in [2.45, 2.75) is 30.2 Å². The minimum Gasteiger partial charge on any atom is -0.330 e. The van der Waals surface area contributed by atoms with Crippen molar-refractivity contribution in [3.05, 3.63) is 34.1 Å². The molecule has 2 atom stereocenters. The minimum absolute atomic E-state index is 0.0132. The number of hydrogen-bond donors (Lipinski definition) is 2. The molecule has 1 aromatic carbocycles. The third-order valence-electron chi connectivity index (χ3n) is 3.68. The van der Waals surface area contributed by atoms with E-state index < -0.39 is 31.3 Å². The van der Waals surface area contributed by atoms with Crippen LogP contribution in [0.5, 0.6) is 0 Å². The highest BCUT2D eigenvalue weighted by Crippen LogP contribution is 2.29. The highest BCUT2D eigenvalue weighted by molar-refractivity contribution is 7.89. The van der Waals surface area contributed by atoms with Gasteiger partial charge in [-0.15, -0.1) is 0 Å². The molecule has 116 valence electrons. The maximum Gasteiger partial charge on any atom is 0.292 e. The predicted molar refractivity (Wildman–Crippen MR) is 73.6 cm³/mol. The first kappa shape index (κ1) is 15.8. The number of benzene rings is 1. The maximum atomic E-state index is 13.1. The molecule has 1 aliphatic rings. The molecule has 0 spiro atoms. The Balaban J connectivity index is 2.34. The monoisotopic (exact) mass is 317 g/mol. The van der Waals surface area contributed by atoms with Gasteiger partial charge in [-0.25, -0.2) is 17.5 Å². The summed E-state index contributed by atoms with van der Waals surface area (Å²) in [6, 6.07) is 2.05. The number of sulfonamides is 1. The quantitative estimate of drug-likeness (QED) is 0.624. The number of nitrogens with one attached hydrogen (secondary N) is 1. The Hall–Kier alpha value is -1.58. The molecule has 7 nitrogen and oxygen atoms in total. The molecule has 2 rings (SSSR count). The number of rotatable bonds is 5. The molecule has 1 fully saturated rings. The van der Waals surface area contributed by atoms with Crippen LogP contribution in [0.2, 0.25) is 0 Å². The normalized spacial score (nSPS) is 22.4. The van der Waals surface area contributed by atoms with E-state index in [4.69, 9.17) is 5.73 Å². The second kappa shape index (κ2) is 6.04. The van der Waals surface area contributed by atoms with E-state index in [9.17, 15) is 22.9 Å². The lowest BCUT2D eigenvalue weighted by Crippen LogP contribution is -2.40. The summed E-state index contributed by atoms with van der Waals surface area (Å²) >= 11 is 0. The molecule has 0 radical (unpaired) electrons. The lowest BCUT2D eigenvalue weighted by atomic mass is 10.1. The van der Waals surface area contributed by atoms with Crippen LogP contribution in [0.1, 0.15) is 19.3 Å². The highest BCUT2D eigenvalue weighted by atomic mass is 32.2. The predicted octanol–water partition coefficient (Wildman–Crippen LogP) is 1.14. The fourth-order valence-electron chi connectivity index (χ4n) is 2.60. The van der Waals surface area contributed by atoms with Gasteiger partial charge in [-0.1, -0.05) is 6.42 Å². The minimum atomic E-state index is -4.09. The van der Waals surface area contributed by atoms with Crippen LogP contribution in [0.25, 0.3) is 0 Å². The van der Waals surface area contributed by atoms with Crippen LogP contribution in [-0.4, -0.2) is 25.9 Å². The molecule has 0 bridgehead atoms. The van der Waals surface area contributed by atoms with Gasteiger partial charge in [0, 0.05) is 6.04 Å². The van der Waals surface area contributed by atoms with Crippen LogP contribution in [0, 0.1) is 21.8 Å². The number of nitro groups is 1. The lowest BCUT2D eigenvalue weighted by Gasteiger charge is -2.19. The number of nitrogens with zero attached hydrogens (tertiary/aromatic N) is 1. The zero-order valence-electron chi connectivity index (χ0n) is 11.2. The average Bonchev–Trinajstić information content (AvgIpc) is 2.84. The van der Waals surface area contributed by atoms with E-state index in [0.29, 0.717) is 19.0 Å². The SMILES string of the molecule is NCC1CCCC1NS(=O)(=O)c1ccc(F)cc1[N+](=O)[O-]. The summed E-state index contributed by atoms with van der Waals surface area (Å²) in [5.41, 5.74) is 4.81. The third kappa shape index (κ3) is 3.36. The number of nitrogens with two attached hydrogens (primary N) is 1. The first-order chi connectivity index (χ1) is 9.85. The smallest absolute Gasteiger partial charge is 0.292 e. The lowest BCUT2D eigenvalue weighted by molar-refractivity contribution is -0.388. The van der Waals surface area contributed by atoms with E-state index in [1.165, 1.54) is 0 Å². The molecule has 9 heteroatoms. The van der Waals surface area contributed by atoms with Gasteiger partial charge in [0.2, 0.25) is 10.0 Å². The Morgan fingerprint density at radius 1 is 1.43 bits per heavy atom. The van der Waals surface area contributed by atoms with Gasteiger partial charge in [0.15, 0.2) is 4.90 Å². The van der Waals surface area contributed by atoms with E-state index in [0.717, 1.165) is 25.0 Å². The van der Waals surface area contributed by atoms with Crippen molar-refractivity contribution >= 4 is 15.7 Å². The van der Waals surface area contributed by atoms with Crippen molar-refractivity contribution in [3.63, 3.8) is 0 Å². The Labute approximate surface area is 121 Å². The summed E-state index contributed by atoms with van der Waals surface area (Å²) in [4.78, 5) is 9.46. The zero-order chi connectivity index (χ0) is 15.6. The first-order valence-electron chi connectivity index (χ1n) is 6.51. The summed E-state index contributed by atoms with van der Waals surface area (Å²) in [5, 5.41) is 10.9. The number of nitro benzene ring substituents is 1. The van der Waals surface area contributed by atoms with E-state index in [-0.39, 0.29) is 12.0 Å². The Morgan fingerprint density at radius 3 is 2.76 bits per heavy atom. The van der Waals surface area contributed by atoms with Crippen molar-refractivity contribution < 1.29 is 17.7 Å². The van der Waals surface area contributed by atoms with Crippen molar-refractivity contribution in [2.75, 3.05) is 6.54 Å². The highest BCUT2D eigenvalue weighted by Gasteiger charge is 2.33. The van der Waals surface area contributed by atoms with Crippen molar-refractivity contribution in [1.29, 1.82) is 0 Å². The standard InChI is InChI=1S/C12H16FN3O4S/c13-9-4-5-12(11(6-9)16(17)18)21(19,20)15-10-3-1-2-8(10)7-14/h4-6,8,10,15H,1-3,7,14H2. The van der Waals surface area contributed by atoms with Gasteiger partial charge in [-0.3, -0.25) is 10.1 Å². The van der Waals surface area contributed by atoms with Gasteiger partial charge in [-0.2, -0.15) is 0 Å². The van der Waals surface area contributed by atoms with E-state index in [1.54, 1.807) is 0 Å². The molecule has 0 saturated heterocycles. The summed E-state index contributed by atoms with van der Waals surface area (Å²) in [6.45, 7) is 0.346. The summed E-state index contributed by atoms with van der Waals surface area (Å²) < 4.78 is 40.1. The maximum absolute atomic E-state index is 13.1. The van der Waals surface area contributed by atoms with Crippen LogP contribution in [0.4, 0.5) is 10.1 Å². The fourth-order valence-corrected chi connectivity index (χ4v) is 4.09. The first-order valence-corrected chi connectivity index (χ1v) is 8.00. The molecule has 1 saturated carbocycles. The van der Waals surface area contributed by atoms with E-state index >= 15 is 0 Å². The largest absolute Gasteiger partial charge is 0.330 e. The molecule has 0 aliphatic heterocycles. The average molecular weight is 317 g/mol. The molecule has 0 amide bonds.